The monoisotopic (exact) mass is 210 g/mol. The first-order valence-electron chi connectivity index (χ1n) is 6.58. The number of likely N-dealkylation sites (tertiary alicyclic amines) is 1. The molecular formula is C12H24N3+. The van der Waals surface area contributed by atoms with Gasteiger partial charge in [0.1, 0.15) is 6.17 Å². The fraction of sp³-hybridized carbons (Fsp3) is 1.00. The summed E-state index contributed by atoms with van der Waals surface area (Å²) < 4.78 is 0. The van der Waals surface area contributed by atoms with E-state index in [1.165, 1.54) is 38.6 Å². The van der Waals surface area contributed by atoms with Crippen LogP contribution >= 0.6 is 0 Å². The van der Waals surface area contributed by atoms with Gasteiger partial charge in [0.25, 0.3) is 0 Å². The highest BCUT2D eigenvalue weighted by Gasteiger charge is 2.49. The van der Waals surface area contributed by atoms with Crippen molar-refractivity contribution >= 4 is 0 Å². The van der Waals surface area contributed by atoms with Crippen LogP contribution in [-0.4, -0.2) is 36.7 Å². The molecule has 2 aliphatic heterocycles. The molecule has 3 fully saturated rings. The molecule has 0 bridgehead atoms. The Morgan fingerprint density at radius 2 is 1.93 bits per heavy atom. The van der Waals surface area contributed by atoms with Crippen molar-refractivity contribution in [3.63, 3.8) is 0 Å². The number of nitrogens with two attached hydrogens (primary N) is 2. The molecule has 0 aromatic rings. The summed E-state index contributed by atoms with van der Waals surface area (Å²) in [7, 11) is 2.27. The van der Waals surface area contributed by atoms with Gasteiger partial charge in [-0.05, 0) is 39.2 Å². The summed E-state index contributed by atoms with van der Waals surface area (Å²) in [5.74, 6) is 1.57. The fourth-order valence-electron chi connectivity index (χ4n) is 4.24. The van der Waals surface area contributed by atoms with Crippen molar-refractivity contribution in [2.75, 3.05) is 13.6 Å². The van der Waals surface area contributed by atoms with Gasteiger partial charge in [-0.15, -0.1) is 0 Å². The number of fused-ring (bicyclic) bond motifs is 2. The summed E-state index contributed by atoms with van der Waals surface area (Å²) in [5, 5.41) is 2.64. The van der Waals surface area contributed by atoms with E-state index in [0.717, 1.165) is 17.9 Å². The molecule has 3 rings (SSSR count). The van der Waals surface area contributed by atoms with Crippen molar-refractivity contribution < 1.29 is 5.32 Å². The lowest BCUT2D eigenvalue weighted by Crippen LogP contribution is -3.03. The summed E-state index contributed by atoms with van der Waals surface area (Å²) >= 11 is 0. The third-order valence-corrected chi connectivity index (χ3v) is 5.05. The fourth-order valence-corrected chi connectivity index (χ4v) is 4.24. The highest BCUT2D eigenvalue weighted by molar-refractivity contribution is 4.95. The predicted molar refractivity (Wildman–Crippen MR) is 60.2 cm³/mol. The molecule has 15 heavy (non-hydrogen) atoms. The van der Waals surface area contributed by atoms with Gasteiger partial charge in [0.2, 0.25) is 0 Å². The molecule has 5 unspecified atom stereocenters. The Kier molecular flexibility index (Phi) is 2.49. The van der Waals surface area contributed by atoms with Gasteiger partial charge in [-0.2, -0.15) is 0 Å². The van der Waals surface area contributed by atoms with Crippen molar-refractivity contribution in [1.82, 2.24) is 4.90 Å². The Morgan fingerprint density at radius 1 is 1.13 bits per heavy atom. The summed E-state index contributed by atoms with van der Waals surface area (Å²) in [6.07, 6.45) is 7.58. The van der Waals surface area contributed by atoms with Crippen LogP contribution in [0, 0.1) is 11.8 Å². The van der Waals surface area contributed by atoms with Crippen molar-refractivity contribution in [3.8, 4) is 0 Å². The number of rotatable bonds is 0. The maximum absolute atomic E-state index is 6.49. The molecule has 3 heteroatoms. The van der Waals surface area contributed by atoms with Crippen LogP contribution in [0.25, 0.3) is 0 Å². The number of nitrogens with zero attached hydrogens (tertiary/aromatic N) is 1. The third-order valence-electron chi connectivity index (χ3n) is 5.05. The molecule has 1 aliphatic carbocycles. The maximum Gasteiger partial charge on any atom is 0.146 e. The zero-order valence-corrected chi connectivity index (χ0v) is 9.73. The summed E-state index contributed by atoms with van der Waals surface area (Å²) in [6.45, 7) is 1.27. The van der Waals surface area contributed by atoms with E-state index in [2.05, 4.69) is 17.3 Å². The molecule has 2 saturated heterocycles. The Bertz CT molecular complexity index is 243. The van der Waals surface area contributed by atoms with E-state index in [0.29, 0.717) is 12.2 Å². The van der Waals surface area contributed by atoms with E-state index < -0.39 is 0 Å². The van der Waals surface area contributed by atoms with Crippen LogP contribution in [0.2, 0.25) is 0 Å². The Labute approximate surface area is 92.4 Å². The van der Waals surface area contributed by atoms with E-state index in [1.807, 2.05) is 0 Å². The van der Waals surface area contributed by atoms with Crippen LogP contribution in [0.1, 0.15) is 32.1 Å². The van der Waals surface area contributed by atoms with Crippen molar-refractivity contribution in [1.29, 1.82) is 0 Å². The minimum atomic E-state index is 0.482. The molecule has 0 radical (unpaired) electrons. The SMILES string of the molecule is CN1CCCC2C(N)C3CCCC3[NH2+]C21. The van der Waals surface area contributed by atoms with E-state index in [9.17, 15) is 0 Å². The minimum absolute atomic E-state index is 0.482. The summed E-state index contributed by atoms with van der Waals surface area (Å²) in [6, 6.07) is 1.32. The van der Waals surface area contributed by atoms with Crippen LogP contribution in [0.4, 0.5) is 0 Å². The average molecular weight is 210 g/mol. The Balaban J connectivity index is 1.81. The largest absolute Gasteiger partial charge is 0.328 e. The van der Waals surface area contributed by atoms with Crippen molar-refractivity contribution in [2.45, 2.75) is 50.4 Å². The van der Waals surface area contributed by atoms with Gasteiger partial charge < -0.3 is 11.1 Å². The lowest BCUT2D eigenvalue weighted by atomic mass is 9.76. The number of quaternary nitrogens is 1. The molecular weight excluding hydrogens is 186 g/mol. The summed E-state index contributed by atoms with van der Waals surface area (Å²) in [5.41, 5.74) is 6.49. The zero-order chi connectivity index (χ0) is 10.4. The second-order valence-corrected chi connectivity index (χ2v) is 5.81. The van der Waals surface area contributed by atoms with Gasteiger partial charge in [0, 0.05) is 24.4 Å². The van der Waals surface area contributed by atoms with Crippen molar-refractivity contribution in [3.05, 3.63) is 0 Å². The van der Waals surface area contributed by atoms with Gasteiger partial charge >= 0.3 is 0 Å². The summed E-state index contributed by atoms with van der Waals surface area (Å²) in [4.78, 5) is 2.53. The lowest BCUT2D eigenvalue weighted by molar-refractivity contribution is -0.761. The molecule has 0 spiro atoms. The van der Waals surface area contributed by atoms with Crippen LogP contribution in [0.5, 0.6) is 0 Å². The van der Waals surface area contributed by atoms with E-state index >= 15 is 0 Å². The standard InChI is InChI=1S/C12H23N3/c1-15-7-3-5-9-11(13)8-4-2-6-10(8)14-12(9)15/h8-12,14H,2-7,13H2,1H3/p+1. The molecule has 0 amide bonds. The number of hydrogen-bond donors (Lipinski definition) is 2. The van der Waals surface area contributed by atoms with Crippen LogP contribution in [0.15, 0.2) is 0 Å². The van der Waals surface area contributed by atoms with E-state index in [4.69, 9.17) is 5.73 Å². The topological polar surface area (TPSA) is 45.9 Å². The Hall–Kier alpha value is -0.120. The molecule has 0 aromatic heterocycles. The van der Waals surface area contributed by atoms with Gasteiger partial charge in [0.05, 0.1) is 6.04 Å². The molecule has 1 saturated carbocycles. The van der Waals surface area contributed by atoms with Crippen LogP contribution in [0.3, 0.4) is 0 Å². The number of hydrogen-bond acceptors (Lipinski definition) is 2. The van der Waals surface area contributed by atoms with Crippen LogP contribution < -0.4 is 11.1 Å². The lowest BCUT2D eigenvalue weighted by Gasteiger charge is -2.47. The molecule has 5 atom stereocenters. The quantitative estimate of drug-likeness (QED) is 0.578. The molecule has 2 heterocycles. The van der Waals surface area contributed by atoms with Gasteiger partial charge in [-0.25, -0.2) is 0 Å². The highest BCUT2D eigenvalue weighted by Crippen LogP contribution is 2.35. The first-order valence-corrected chi connectivity index (χ1v) is 6.58. The van der Waals surface area contributed by atoms with Gasteiger partial charge in [-0.3, -0.25) is 4.90 Å². The molecule has 86 valence electrons. The maximum atomic E-state index is 6.49. The molecule has 3 nitrogen and oxygen atoms in total. The Morgan fingerprint density at radius 3 is 2.80 bits per heavy atom. The van der Waals surface area contributed by atoms with Gasteiger partial charge in [-0.1, -0.05) is 0 Å². The third kappa shape index (κ3) is 1.52. The first-order chi connectivity index (χ1) is 7.27. The molecule has 3 aliphatic rings. The normalized spacial score (nSPS) is 51.2. The smallest absolute Gasteiger partial charge is 0.146 e. The first kappa shape index (κ1) is 10.1. The minimum Gasteiger partial charge on any atom is -0.328 e. The number of piperidine rings is 2. The molecule has 4 N–H and O–H groups in total. The van der Waals surface area contributed by atoms with Gasteiger partial charge in [0.15, 0.2) is 0 Å². The van der Waals surface area contributed by atoms with Crippen LogP contribution in [-0.2, 0) is 0 Å². The highest BCUT2D eigenvalue weighted by atomic mass is 15.3. The van der Waals surface area contributed by atoms with E-state index in [-0.39, 0.29) is 0 Å². The molecule has 0 aromatic carbocycles. The van der Waals surface area contributed by atoms with E-state index in [1.54, 1.807) is 0 Å². The average Bonchev–Trinajstić information content (AvgIpc) is 2.68. The second-order valence-electron chi connectivity index (χ2n) is 5.81. The predicted octanol–water partition coefficient (Wildman–Crippen LogP) is -0.273. The second kappa shape index (κ2) is 3.72. The van der Waals surface area contributed by atoms with Crippen molar-refractivity contribution in [2.24, 2.45) is 17.6 Å². The zero-order valence-electron chi connectivity index (χ0n) is 9.73.